The van der Waals surface area contributed by atoms with E-state index < -0.39 is 12.1 Å². The Labute approximate surface area is 352 Å². The fourth-order valence-corrected chi connectivity index (χ4v) is 8.86. The van der Waals surface area contributed by atoms with E-state index >= 15 is 0 Å². The van der Waals surface area contributed by atoms with Gasteiger partial charge in [0.2, 0.25) is 5.91 Å². The number of ether oxygens (including phenoxy) is 2. The van der Waals surface area contributed by atoms with Crippen LogP contribution < -0.4 is 10.1 Å². The summed E-state index contributed by atoms with van der Waals surface area (Å²) < 4.78 is 12.0. The quantitative estimate of drug-likeness (QED) is 0.106. The molecule has 1 N–H and O–H groups in total. The lowest BCUT2D eigenvalue weighted by molar-refractivity contribution is -0.137. The van der Waals surface area contributed by atoms with Crippen molar-refractivity contribution < 1.29 is 19.1 Å². The summed E-state index contributed by atoms with van der Waals surface area (Å²) in [5, 5.41) is 3.78. The van der Waals surface area contributed by atoms with Crippen LogP contribution in [0.15, 0.2) is 132 Å². The molecule has 1 atom stereocenters. The molecule has 2 aliphatic heterocycles. The molecule has 0 aliphatic carbocycles. The molecule has 0 unspecified atom stereocenters. The lowest BCUT2D eigenvalue weighted by atomic mass is 9.88. The number of halogens is 1. The number of nitrogens with zero attached hydrogens (tertiary/aromatic N) is 3. The van der Waals surface area contributed by atoms with E-state index in [2.05, 4.69) is 88.1 Å². The lowest BCUT2D eigenvalue weighted by Crippen LogP contribution is -2.58. The molecule has 0 spiro atoms. The highest BCUT2D eigenvalue weighted by Crippen LogP contribution is 2.32. The van der Waals surface area contributed by atoms with Crippen LogP contribution in [-0.2, 0) is 35.7 Å². The van der Waals surface area contributed by atoms with E-state index in [4.69, 9.17) is 21.1 Å². The zero-order chi connectivity index (χ0) is 40.1. The Morgan fingerprint density at radius 2 is 1.41 bits per heavy atom. The number of piperidine rings is 1. The van der Waals surface area contributed by atoms with Crippen LogP contribution in [-0.4, -0.2) is 84.8 Å². The fraction of sp³-hybridized carbons (Fsp3) is 0.333. The molecule has 0 aromatic heterocycles. The zero-order valence-electron chi connectivity index (χ0n) is 33.2. The maximum atomic E-state index is 14.4. The van der Waals surface area contributed by atoms with Crippen molar-refractivity contribution >= 4 is 35.4 Å². The van der Waals surface area contributed by atoms with Crippen LogP contribution in [0.3, 0.4) is 0 Å². The van der Waals surface area contributed by atoms with Gasteiger partial charge in [0.05, 0.1) is 0 Å². The Balaban J connectivity index is 0.977. The summed E-state index contributed by atoms with van der Waals surface area (Å²) in [4.78, 5) is 35.7. The van der Waals surface area contributed by atoms with Crippen LogP contribution in [0.2, 0.25) is 5.02 Å². The van der Waals surface area contributed by atoms with Gasteiger partial charge in [0.1, 0.15) is 25.0 Å². The normalized spacial score (nSPS) is 15.8. The molecule has 302 valence electrons. The SMILES string of the molecule is CSc1cccc(OCc2ccccc2)c1CN1CCN(C(=O)[C@H](NC(=O)OCc2ccccc2)C2CCN(CCc3cc(Cl)ccc3-c3ccccc3)CC2)CC1. The minimum atomic E-state index is -0.662. The van der Waals surface area contributed by atoms with E-state index in [1.54, 1.807) is 11.8 Å². The van der Waals surface area contributed by atoms with Crippen molar-refractivity contribution in [1.82, 2.24) is 20.0 Å². The molecule has 5 aromatic rings. The smallest absolute Gasteiger partial charge is 0.408 e. The molecule has 2 aliphatic rings. The summed E-state index contributed by atoms with van der Waals surface area (Å²) in [6.07, 6.45) is 4.00. The van der Waals surface area contributed by atoms with Crippen LogP contribution in [0, 0.1) is 5.92 Å². The lowest BCUT2D eigenvalue weighted by Gasteiger charge is -2.40. The monoisotopic (exact) mass is 816 g/mol. The predicted molar refractivity (Wildman–Crippen MR) is 234 cm³/mol. The molecule has 10 heteroatoms. The van der Waals surface area contributed by atoms with Crippen LogP contribution in [0.4, 0.5) is 4.79 Å². The number of benzene rings is 5. The van der Waals surface area contributed by atoms with E-state index in [1.165, 1.54) is 27.1 Å². The van der Waals surface area contributed by atoms with E-state index in [-0.39, 0.29) is 18.4 Å². The molecule has 8 nitrogen and oxygen atoms in total. The van der Waals surface area contributed by atoms with Gasteiger partial charge in [-0.05, 0) is 96.6 Å². The Morgan fingerprint density at radius 1 is 0.759 bits per heavy atom. The summed E-state index contributed by atoms with van der Waals surface area (Å²) >= 11 is 8.19. The number of hydrogen-bond donors (Lipinski definition) is 1. The summed E-state index contributed by atoms with van der Waals surface area (Å²) in [6.45, 7) is 6.58. The highest BCUT2D eigenvalue weighted by Gasteiger charge is 2.37. The number of thioether (sulfide) groups is 1. The molecule has 2 fully saturated rings. The first-order valence-corrected chi connectivity index (χ1v) is 21.9. The van der Waals surface area contributed by atoms with Gasteiger partial charge in [-0.15, -0.1) is 11.8 Å². The van der Waals surface area contributed by atoms with Gasteiger partial charge in [-0.25, -0.2) is 4.79 Å². The second kappa shape index (κ2) is 20.8. The Kier molecular flexibility index (Phi) is 14.8. The van der Waals surface area contributed by atoms with E-state index in [1.807, 2.05) is 65.6 Å². The minimum Gasteiger partial charge on any atom is -0.489 e. The van der Waals surface area contributed by atoms with Crippen molar-refractivity contribution in [1.29, 1.82) is 0 Å². The van der Waals surface area contributed by atoms with Crippen molar-refractivity contribution in [3.8, 4) is 16.9 Å². The zero-order valence-corrected chi connectivity index (χ0v) is 34.8. The summed E-state index contributed by atoms with van der Waals surface area (Å²) in [5.74, 6) is 0.857. The van der Waals surface area contributed by atoms with Crippen LogP contribution in [0.25, 0.3) is 11.1 Å². The Bertz CT molecular complexity index is 2070. The Hall–Kier alpha value is -4.80. The van der Waals surface area contributed by atoms with Crippen molar-refractivity contribution in [3.63, 3.8) is 0 Å². The van der Waals surface area contributed by atoms with Crippen LogP contribution >= 0.6 is 23.4 Å². The van der Waals surface area contributed by atoms with E-state index in [0.717, 1.165) is 80.4 Å². The molecule has 2 heterocycles. The van der Waals surface area contributed by atoms with E-state index in [9.17, 15) is 9.59 Å². The van der Waals surface area contributed by atoms with Gasteiger partial charge >= 0.3 is 6.09 Å². The maximum absolute atomic E-state index is 14.4. The average Bonchev–Trinajstić information content (AvgIpc) is 3.27. The molecule has 0 bridgehead atoms. The molecule has 0 radical (unpaired) electrons. The van der Waals surface area contributed by atoms with Gasteiger partial charge in [0.15, 0.2) is 0 Å². The first-order chi connectivity index (χ1) is 28.4. The van der Waals surface area contributed by atoms with Gasteiger partial charge < -0.3 is 24.6 Å². The molecule has 2 saturated heterocycles. The molecule has 7 rings (SSSR count). The predicted octanol–water partition coefficient (Wildman–Crippen LogP) is 9.20. The van der Waals surface area contributed by atoms with Gasteiger partial charge in [-0.1, -0.05) is 115 Å². The van der Waals surface area contributed by atoms with Crippen molar-refractivity contribution in [3.05, 3.63) is 155 Å². The summed E-state index contributed by atoms with van der Waals surface area (Å²) in [7, 11) is 0. The number of carbonyl (C=O) groups is 2. The topological polar surface area (TPSA) is 74.3 Å². The molecular formula is C48H53ClN4O4S. The molecule has 0 saturated carbocycles. The van der Waals surface area contributed by atoms with Gasteiger partial charge in [-0.2, -0.15) is 0 Å². The third-order valence-corrected chi connectivity index (χ3v) is 12.4. The number of carbonyl (C=O) groups excluding carboxylic acids is 2. The minimum absolute atomic E-state index is 0.00474. The third-order valence-electron chi connectivity index (χ3n) is 11.3. The van der Waals surface area contributed by atoms with Gasteiger partial charge in [0.25, 0.3) is 0 Å². The van der Waals surface area contributed by atoms with Crippen LogP contribution in [0.5, 0.6) is 5.75 Å². The average molecular weight is 817 g/mol. The largest absolute Gasteiger partial charge is 0.489 e. The van der Waals surface area contributed by atoms with Crippen molar-refractivity contribution in [2.24, 2.45) is 5.92 Å². The maximum Gasteiger partial charge on any atom is 0.408 e. The molecular weight excluding hydrogens is 764 g/mol. The number of likely N-dealkylation sites (tertiary alicyclic amines) is 1. The van der Waals surface area contributed by atoms with Crippen molar-refractivity contribution in [2.75, 3.05) is 52.1 Å². The second-order valence-electron chi connectivity index (χ2n) is 15.1. The standard InChI is InChI=1S/C48H53ClN4O4S/c1-58-45-19-11-18-44(56-34-36-12-5-2-6-13-36)43(45)33-52-28-30-53(31-29-52)47(54)46(50-48(55)57-35-37-14-7-3-8-15-37)39-22-25-51(26-23-39)27-24-40-32-41(49)20-21-42(40)38-16-9-4-10-17-38/h2-21,32,39,46H,22-31,33-35H2,1H3,(H,50,55)/t46-/m1/s1. The first-order valence-electron chi connectivity index (χ1n) is 20.3. The number of nitrogens with one attached hydrogen (secondary N) is 1. The molecule has 58 heavy (non-hydrogen) atoms. The van der Waals surface area contributed by atoms with Crippen LogP contribution in [0.1, 0.15) is 35.1 Å². The molecule has 5 aromatic carbocycles. The fourth-order valence-electron chi connectivity index (χ4n) is 8.04. The second-order valence-corrected chi connectivity index (χ2v) is 16.4. The first kappa shape index (κ1) is 41.4. The van der Waals surface area contributed by atoms with Gasteiger partial charge in [-0.3, -0.25) is 9.69 Å². The number of alkyl carbamates (subject to hydrolysis) is 1. The highest BCUT2D eigenvalue weighted by molar-refractivity contribution is 7.98. The summed E-state index contributed by atoms with van der Waals surface area (Å²) in [6, 6.07) is 42.0. The number of amides is 2. The molecule has 2 amide bonds. The van der Waals surface area contributed by atoms with Crippen molar-refractivity contribution in [2.45, 2.75) is 50.0 Å². The Morgan fingerprint density at radius 3 is 2.09 bits per heavy atom. The van der Waals surface area contributed by atoms with E-state index in [0.29, 0.717) is 19.7 Å². The third kappa shape index (κ3) is 11.2. The summed E-state index contributed by atoms with van der Waals surface area (Å²) in [5.41, 5.74) is 6.81. The van der Waals surface area contributed by atoms with Gasteiger partial charge in [0, 0.05) is 54.8 Å². The highest BCUT2D eigenvalue weighted by atomic mass is 35.5. The number of hydrogen-bond acceptors (Lipinski definition) is 7. The number of piperazine rings is 1. The number of rotatable bonds is 15.